The monoisotopic (exact) mass is 558 g/mol. The number of amides is 2. The Kier molecular flexibility index (Phi) is 7.57. The van der Waals surface area contributed by atoms with Gasteiger partial charge in [-0.05, 0) is 55.7 Å². The van der Waals surface area contributed by atoms with Gasteiger partial charge in [0.15, 0.2) is 0 Å². The fourth-order valence-electron chi connectivity index (χ4n) is 6.25. The van der Waals surface area contributed by atoms with Crippen LogP contribution in [-0.2, 0) is 22.4 Å². The zero-order chi connectivity index (χ0) is 27.8. The number of fused-ring (bicyclic) bond motifs is 3. The summed E-state index contributed by atoms with van der Waals surface area (Å²) in [5.41, 5.74) is 2.10. The van der Waals surface area contributed by atoms with E-state index in [-0.39, 0.29) is 29.6 Å². The average molecular weight is 559 g/mol. The number of hydrogen-bond donors (Lipinski definition) is 1. The zero-order valence-electron chi connectivity index (χ0n) is 23.6. The molecule has 3 aliphatic rings. The van der Waals surface area contributed by atoms with Crippen molar-refractivity contribution in [3.8, 4) is 0 Å². The number of carbonyl (C=O) groups is 2. The zero-order valence-corrected chi connectivity index (χ0v) is 24.4. The van der Waals surface area contributed by atoms with Crippen molar-refractivity contribution in [1.82, 2.24) is 19.9 Å². The number of rotatable bonds is 5. The lowest BCUT2D eigenvalue weighted by molar-refractivity contribution is -0.141. The fourth-order valence-corrected chi connectivity index (χ4v) is 7.63. The van der Waals surface area contributed by atoms with Crippen LogP contribution in [0.1, 0.15) is 62.2 Å². The average Bonchev–Trinajstić information content (AvgIpc) is 3.34. The SMILES string of the molecule is CC1CCc2c(sc3nc(C(C)C)nc(N4CCN(C(=O)C5CC=CCC5C(=O)Nc5cccnc5)CC4)c23)C1. The van der Waals surface area contributed by atoms with Gasteiger partial charge in [-0.15, -0.1) is 11.3 Å². The lowest BCUT2D eigenvalue weighted by atomic mass is 9.81. The number of aromatic nitrogens is 3. The lowest BCUT2D eigenvalue weighted by Crippen LogP contribution is -2.52. The van der Waals surface area contributed by atoms with Crippen LogP contribution in [0.15, 0.2) is 36.7 Å². The van der Waals surface area contributed by atoms with Crippen LogP contribution in [0, 0.1) is 17.8 Å². The van der Waals surface area contributed by atoms with Crippen LogP contribution in [-0.4, -0.2) is 57.8 Å². The van der Waals surface area contributed by atoms with Gasteiger partial charge in [0.05, 0.1) is 29.1 Å². The minimum absolute atomic E-state index is 0.0768. The molecule has 3 unspecified atom stereocenters. The van der Waals surface area contributed by atoms with Gasteiger partial charge in [0.1, 0.15) is 16.5 Å². The number of pyridine rings is 1. The summed E-state index contributed by atoms with van der Waals surface area (Å²) in [4.78, 5) is 48.0. The minimum Gasteiger partial charge on any atom is -0.352 e. The molecule has 3 atom stereocenters. The highest BCUT2D eigenvalue weighted by Crippen LogP contribution is 2.42. The minimum atomic E-state index is -0.384. The fraction of sp³-hybridized carbons (Fsp3) is 0.516. The summed E-state index contributed by atoms with van der Waals surface area (Å²) in [5, 5.41) is 4.19. The molecule has 0 bridgehead atoms. The Morgan fingerprint density at radius 2 is 1.85 bits per heavy atom. The third-order valence-corrected chi connectivity index (χ3v) is 9.72. The molecule has 1 fully saturated rings. The Hall–Kier alpha value is -3.33. The van der Waals surface area contributed by atoms with E-state index in [4.69, 9.17) is 9.97 Å². The summed E-state index contributed by atoms with van der Waals surface area (Å²) in [6.45, 7) is 9.35. The summed E-state index contributed by atoms with van der Waals surface area (Å²) in [7, 11) is 0. The molecular formula is C31H38N6O2S. The Bertz CT molecular complexity index is 1430. The summed E-state index contributed by atoms with van der Waals surface area (Å²) in [6, 6.07) is 3.61. The molecular weight excluding hydrogens is 520 g/mol. The highest BCUT2D eigenvalue weighted by molar-refractivity contribution is 7.19. The van der Waals surface area contributed by atoms with Gasteiger partial charge >= 0.3 is 0 Å². The van der Waals surface area contributed by atoms with E-state index in [9.17, 15) is 9.59 Å². The standard InChI is InChI=1S/C31H38N6O2S/c1-19(2)27-34-28(26-24-11-10-20(3)17-25(24)40-30(26)35-27)36-13-15-37(16-14-36)31(39)23-9-5-4-8-22(23)29(38)33-21-7-6-12-32-18-21/h4-7,12,18-20,22-23H,8-11,13-17H2,1-3H3,(H,33,38). The van der Waals surface area contributed by atoms with Crippen LogP contribution in [0.2, 0.25) is 0 Å². The van der Waals surface area contributed by atoms with Crippen LogP contribution in [0.25, 0.3) is 10.2 Å². The molecule has 2 amide bonds. The smallest absolute Gasteiger partial charge is 0.228 e. The molecule has 0 spiro atoms. The van der Waals surface area contributed by atoms with Gasteiger partial charge in [0, 0.05) is 43.2 Å². The molecule has 2 aliphatic carbocycles. The van der Waals surface area contributed by atoms with E-state index in [1.165, 1.54) is 22.2 Å². The number of carbonyl (C=O) groups excluding carboxylic acids is 2. The molecule has 4 heterocycles. The lowest BCUT2D eigenvalue weighted by Gasteiger charge is -2.39. The number of anilines is 2. The van der Waals surface area contributed by atoms with Crippen LogP contribution in [0.5, 0.6) is 0 Å². The van der Waals surface area contributed by atoms with E-state index >= 15 is 0 Å². The third kappa shape index (κ3) is 5.23. The number of nitrogens with one attached hydrogen (secondary N) is 1. The quantitative estimate of drug-likeness (QED) is 0.433. The normalized spacial score (nSPS) is 22.9. The van der Waals surface area contributed by atoms with Crippen molar-refractivity contribution < 1.29 is 9.59 Å². The Balaban J connectivity index is 1.19. The Morgan fingerprint density at radius 3 is 2.58 bits per heavy atom. The maximum atomic E-state index is 13.8. The largest absolute Gasteiger partial charge is 0.352 e. The molecule has 8 nitrogen and oxygen atoms in total. The first-order valence-corrected chi connectivity index (χ1v) is 15.4. The second-order valence-corrected chi connectivity index (χ2v) is 12.9. The molecule has 3 aromatic heterocycles. The van der Waals surface area contributed by atoms with Gasteiger partial charge in [-0.25, -0.2) is 9.97 Å². The maximum absolute atomic E-state index is 13.8. The van der Waals surface area contributed by atoms with Crippen LogP contribution in [0.3, 0.4) is 0 Å². The molecule has 9 heteroatoms. The molecule has 40 heavy (non-hydrogen) atoms. The molecule has 1 N–H and O–H groups in total. The third-order valence-electron chi connectivity index (χ3n) is 8.58. The molecule has 3 aromatic rings. The number of nitrogens with zero attached hydrogens (tertiary/aromatic N) is 5. The van der Waals surface area contributed by atoms with Gasteiger partial charge in [-0.3, -0.25) is 14.6 Å². The predicted octanol–water partition coefficient (Wildman–Crippen LogP) is 5.20. The van der Waals surface area contributed by atoms with E-state index in [0.29, 0.717) is 37.5 Å². The Labute approximate surface area is 239 Å². The number of thiophene rings is 1. The van der Waals surface area contributed by atoms with Crippen LogP contribution in [0.4, 0.5) is 11.5 Å². The van der Waals surface area contributed by atoms with Crippen LogP contribution >= 0.6 is 11.3 Å². The first kappa shape index (κ1) is 26.9. The van der Waals surface area contributed by atoms with Gasteiger partial charge in [-0.2, -0.15) is 0 Å². The van der Waals surface area contributed by atoms with Crippen LogP contribution < -0.4 is 10.2 Å². The van der Waals surface area contributed by atoms with E-state index < -0.39 is 0 Å². The molecule has 1 aliphatic heterocycles. The highest BCUT2D eigenvalue weighted by atomic mass is 32.1. The van der Waals surface area contributed by atoms with Crippen molar-refractivity contribution in [2.75, 3.05) is 36.4 Å². The summed E-state index contributed by atoms with van der Waals surface area (Å²) in [6.07, 6.45) is 11.9. The second kappa shape index (κ2) is 11.3. The number of hydrogen-bond acceptors (Lipinski definition) is 7. The van der Waals surface area contributed by atoms with Gasteiger partial charge in [0.25, 0.3) is 0 Å². The van der Waals surface area contributed by atoms with E-state index in [1.807, 2.05) is 34.5 Å². The van der Waals surface area contributed by atoms with Crippen molar-refractivity contribution in [1.29, 1.82) is 0 Å². The predicted molar refractivity (Wildman–Crippen MR) is 160 cm³/mol. The van der Waals surface area contributed by atoms with Crippen molar-refractivity contribution in [3.05, 3.63) is 52.9 Å². The number of piperazine rings is 1. The van der Waals surface area contributed by atoms with Crippen molar-refractivity contribution in [2.45, 2.75) is 58.8 Å². The van der Waals surface area contributed by atoms with Gasteiger partial charge in [-0.1, -0.05) is 32.9 Å². The second-order valence-electron chi connectivity index (χ2n) is 11.8. The first-order chi connectivity index (χ1) is 19.4. The molecule has 1 saturated heterocycles. The van der Waals surface area contributed by atoms with Crippen molar-refractivity contribution >= 4 is 44.9 Å². The van der Waals surface area contributed by atoms with E-state index in [1.54, 1.807) is 18.5 Å². The number of allylic oxidation sites excluding steroid dienone is 2. The van der Waals surface area contributed by atoms with Gasteiger partial charge < -0.3 is 15.1 Å². The molecule has 0 radical (unpaired) electrons. The maximum Gasteiger partial charge on any atom is 0.228 e. The molecule has 0 saturated carbocycles. The molecule has 6 rings (SSSR count). The highest BCUT2D eigenvalue weighted by Gasteiger charge is 2.38. The molecule has 0 aromatic carbocycles. The van der Waals surface area contributed by atoms with Crippen molar-refractivity contribution in [2.24, 2.45) is 17.8 Å². The summed E-state index contributed by atoms with van der Waals surface area (Å²) >= 11 is 1.85. The number of aryl methyl sites for hydroxylation is 1. The topological polar surface area (TPSA) is 91.3 Å². The molecule has 210 valence electrons. The van der Waals surface area contributed by atoms with E-state index in [2.05, 4.69) is 36.0 Å². The summed E-state index contributed by atoms with van der Waals surface area (Å²) in [5.74, 6) is 2.12. The van der Waals surface area contributed by atoms with E-state index in [0.717, 1.165) is 42.4 Å². The van der Waals surface area contributed by atoms with Gasteiger partial charge in [0.2, 0.25) is 11.8 Å². The van der Waals surface area contributed by atoms with Crippen molar-refractivity contribution in [3.63, 3.8) is 0 Å². The first-order valence-electron chi connectivity index (χ1n) is 14.6. The summed E-state index contributed by atoms with van der Waals surface area (Å²) < 4.78 is 0. The Morgan fingerprint density at radius 1 is 1.07 bits per heavy atom.